The Balaban J connectivity index is 1.62. The van der Waals surface area contributed by atoms with E-state index < -0.39 is 124 Å². The van der Waals surface area contributed by atoms with Gasteiger partial charge in [0.1, 0.15) is 37.6 Å². The van der Waals surface area contributed by atoms with Crippen molar-refractivity contribution in [3.63, 3.8) is 0 Å². The van der Waals surface area contributed by atoms with Crippen molar-refractivity contribution in [2.75, 3.05) is 33.0 Å². The molecule has 0 radical (unpaired) electrons. The minimum atomic E-state index is -1.59. The average Bonchev–Trinajstić information content (AvgIpc) is 3.40. The summed E-state index contributed by atoms with van der Waals surface area (Å²) in [7, 11) is -1.59. The van der Waals surface area contributed by atoms with Gasteiger partial charge in [0.2, 0.25) is 0 Å². The van der Waals surface area contributed by atoms with Crippen LogP contribution < -0.4 is 0 Å². The molecule has 61 heavy (non-hydrogen) atoms. The maximum absolute atomic E-state index is 13.9. The topological polar surface area (TPSA) is 241 Å². The molecule has 21 heteroatoms. The second kappa shape index (κ2) is 21.8. The van der Waals surface area contributed by atoms with Crippen molar-refractivity contribution in [1.82, 2.24) is 4.90 Å². The number of esters is 6. The molecule has 4 rings (SSSR count). The Labute approximate surface area is 354 Å². The van der Waals surface area contributed by atoms with Crippen molar-refractivity contribution in [2.24, 2.45) is 0 Å². The first-order chi connectivity index (χ1) is 28.7. The third-order valence-corrected chi connectivity index (χ3v) is 11.2. The van der Waals surface area contributed by atoms with Crippen LogP contribution in [0.2, 0.25) is 25.7 Å². The summed E-state index contributed by atoms with van der Waals surface area (Å²) in [5.41, 5.74) is 0.117. The molecule has 0 aliphatic carbocycles. The molecule has 3 heterocycles. The normalized spacial score (nSPS) is 27.4. The Bertz CT molecular complexity index is 1750. The van der Waals surface area contributed by atoms with Gasteiger partial charge in [0.25, 0.3) is 11.8 Å². The predicted octanol–water partition coefficient (Wildman–Crippen LogP) is 2.10. The SMILES string of the molecule is CC(=O)OC[C@H]1O[C@@H](OCC[Si](C)(C)C)[C@H](OC(C)=O)[C@@H](OC(C)=O)[C@@H]1OCCCO[C@@H]1O[C@H](COC(C)=O)[C@@H](OC(C)=O)[C@H](OC(C)=O)[C@H]1N1C(=O)c2ccccc2C1=O. The number of rotatable bonds is 19. The maximum atomic E-state index is 13.9. The van der Waals surface area contributed by atoms with Gasteiger partial charge in [0.05, 0.1) is 17.7 Å². The summed E-state index contributed by atoms with van der Waals surface area (Å²) in [6.07, 6.45) is -12.0. The molecule has 0 spiro atoms. The highest BCUT2D eigenvalue weighted by Crippen LogP contribution is 2.36. The second-order valence-corrected chi connectivity index (χ2v) is 21.4. The first-order valence-corrected chi connectivity index (χ1v) is 23.5. The van der Waals surface area contributed by atoms with E-state index in [0.29, 0.717) is 0 Å². The van der Waals surface area contributed by atoms with Crippen LogP contribution in [-0.2, 0) is 80.9 Å². The largest absolute Gasteiger partial charge is 0.463 e. The fourth-order valence-electron chi connectivity index (χ4n) is 6.92. The van der Waals surface area contributed by atoms with E-state index in [1.165, 1.54) is 26.0 Å². The number of nitrogens with zero attached hydrogens (tertiary/aromatic N) is 1. The van der Waals surface area contributed by atoms with E-state index in [1.54, 1.807) is 12.1 Å². The summed E-state index contributed by atoms with van der Waals surface area (Å²) in [5, 5.41) is 0. The highest BCUT2D eigenvalue weighted by Gasteiger charge is 2.57. The highest BCUT2D eigenvalue weighted by atomic mass is 28.3. The molecule has 3 aliphatic heterocycles. The van der Waals surface area contributed by atoms with Crippen molar-refractivity contribution >= 4 is 55.7 Å². The molecule has 0 N–H and O–H groups in total. The van der Waals surface area contributed by atoms with E-state index >= 15 is 0 Å². The zero-order chi connectivity index (χ0) is 45.2. The molecule has 3 aliphatic rings. The number of benzene rings is 1. The van der Waals surface area contributed by atoms with Gasteiger partial charge in [-0.3, -0.25) is 43.3 Å². The van der Waals surface area contributed by atoms with E-state index in [1.807, 2.05) is 0 Å². The Morgan fingerprint density at radius 1 is 0.557 bits per heavy atom. The van der Waals surface area contributed by atoms with Gasteiger partial charge < -0.3 is 52.1 Å². The zero-order valence-electron chi connectivity index (χ0n) is 35.7. The Morgan fingerprint density at radius 3 is 1.51 bits per heavy atom. The van der Waals surface area contributed by atoms with Gasteiger partial charge >= 0.3 is 35.8 Å². The molecule has 2 saturated heterocycles. The number of ether oxygens (including phenoxy) is 11. The van der Waals surface area contributed by atoms with Gasteiger partial charge in [-0.05, 0) is 24.6 Å². The fraction of sp³-hybridized carbons (Fsp3) is 0.650. The van der Waals surface area contributed by atoms with Gasteiger partial charge in [-0.2, -0.15) is 0 Å². The van der Waals surface area contributed by atoms with Crippen molar-refractivity contribution in [3.8, 4) is 0 Å². The number of hydrogen-bond acceptors (Lipinski definition) is 19. The summed E-state index contributed by atoms with van der Waals surface area (Å²) in [6.45, 7) is 12.2. The monoisotopic (exact) mass is 881 g/mol. The second-order valence-electron chi connectivity index (χ2n) is 15.7. The summed E-state index contributed by atoms with van der Waals surface area (Å²) >= 11 is 0. The molecule has 20 nitrogen and oxygen atoms in total. The summed E-state index contributed by atoms with van der Waals surface area (Å²) in [6, 6.07) is 5.21. The van der Waals surface area contributed by atoms with Crippen LogP contribution in [0.3, 0.4) is 0 Å². The van der Waals surface area contributed by atoms with E-state index in [9.17, 15) is 38.4 Å². The van der Waals surface area contributed by atoms with Crippen LogP contribution in [0.15, 0.2) is 24.3 Å². The van der Waals surface area contributed by atoms with Crippen LogP contribution in [0.5, 0.6) is 0 Å². The van der Waals surface area contributed by atoms with Gasteiger partial charge in [0.15, 0.2) is 37.0 Å². The van der Waals surface area contributed by atoms with Crippen LogP contribution in [-0.4, -0.2) is 155 Å². The van der Waals surface area contributed by atoms with E-state index in [0.717, 1.165) is 38.6 Å². The lowest BCUT2D eigenvalue weighted by molar-refractivity contribution is -0.312. The number of imide groups is 1. The van der Waals surface area contributed by atoms with Gasteiger partial charge in [0, 0.05) is 62.8 Å². The molecular weight excluding hydrogens is 827 g/mol. The number of hydrogen-bond donors (Lipinski definition) is 0. The molecule has 0 bridgehead atoms. The van der Waals surface area contributed by atoms with Gasteiger partial charge in [-0.15, -0.1) is 0 Å². The number of fused-ring (bicyclic) bond motifs is 1. The maximum Gasteiger partial charge on any atom is 0.303 e. The smallest absolute Gasteiger partial charge is 0.303 e. The van der Waals surface area contributed by atoms with Crippen molar-refractivity contribution in [3.05, 3.63) is 35.4 Å². The number of carbonyl (C=O) groups excluding carboxylic acids is 8. The van der Waals surface area contributed by atoms with Gasteiger partial charge in [-0.25, -0.2) is 0 Å². The molecule has 1 aromatic rings. The predicted molar refractivity (Wildman–Crippen MR) is 208 cm³/mol. The third kappa shape index (κ3) is 13.6. The quantitative estimate of drug-likeness (QED) is 0.0635. The van der Waals surface area contributed by atoms with E-state index in [4.69, 9.17) is 52.1 Å². The molecule has 2 fully saturated rings. The lowest BCUT2D eigenvalue weighted by Crippen LogP contribution is -2.67. The molecule has 2 amide bonds. The standard InChI is InChI=1S/C40H55NO19Si/c1-21(42)53-19-29-32(35(57-25(5)46)36(58-26(6)47)40(60-29)52-17-18-61(7,8)9)50-15-12-16-51-39-31(41-37(48)27-13-10-11-14-28(27)38(41)49)34(56-24(4)45)33(55-23(3)44)30(59-39)20-54-22(2)43/h10-11,13-14,29-36,39-40H,12,15-20H2,1-9H3/t29-,30-,31-,32-,33-,34-,35+,36-,39-,40-/m1/s1. The number of amides is 2. The van der Waals surface area contributed by atoms with Crippen molar-refractivity contribution < 1.29 is 90.5 Å². The minimum absolute atomic E-state index is 0.0346. The van der Waals surface area contributed by atoms with Gasteiger partial charge in [-0.1, -0.05) is 31.8 Å². The average molecular weight is 882 g/mol. The zero-order valence-corrected chi connectivity index (χ0v) is 36.7. The lowest BCUT2D eigenvalue weighted by Gasteiger charge is -2.47. The first kappa shape index (κ1) is 48.9. The molecular formula is C40H55NO19Si. The van der Waals surface area contributed by atoms with E-state index in [2.05, 4.69) is 19.6 Å². The van der Waals surface area contributed by atoms with Crippen LogP contribution in [0, 0.1) is 0 Å². The summed E-state index contributed by atoms with van der Waals surface area (Å²) < 4.78 is 63.7. The van der Waals surface area contributed by atoms with Crippen LogP contribution >= 0.6 is 0 Å². The number of carbonyl (C=O) groups is 8. The molecule has 1 aromatic carbocycles. The summed E-state index contributed by atoms with van der Waals surface area (Å²) in [4.78, 5) is 102. The Kier molecular flexibility index (Phi) is 17.5. The molecule has 0 unspecified atom stereocenters. The van der Waals surface area contributed by atoms with Crippen molar-refractivity contribution in [2.45, 2.75) is 135 Å². The van der Waals surface area contributed by atoms with Crippen LogP contribution in [0.4, 0.5) is 0 Å². The Hall–Kier alpha value is -4.80. The minimum Gasteiger partial charge on any atom is -0.463 e. The third-order valence-electron chi connectivity index (χ3n) is 9.45. The van der Waals surface area contributed by atoms with Crippen LogP contribution in [0.1, 0.15) is 68.7 Å². The molecule has 0 aromatic heterocycles. The highest BCUT2D eigenvalue weighted by molar-refractivity contribution is 6.76. The van der Waals surface area contributed by atoms with E-state index in [-0.39, 0.29) is 44.0 Å². The molecule has 10 atom stereocenters. The summed E-state index contributed by atoms with van der Waals surface area (Å²) in [5.74, 6) is -6.01. The van der Waals surface area contributed by atoms with Crippen LogP contribution in [0.25, 0.3) is 0 Å². The molecule has 0 saturated carbocycles. The fourth-order valence-corrected chi connectivity index (χ4v) is 7.65. The lowest BCUT2D eigenvalue weighted by atomic mass is 9.94. The Morgan fingerprint density at radius 2 is 1.00 bits per heavy atom. The first-order valence-electron chi connectivity index (χ1n) is 19.8. The van der Waals surface area contributed by atoms with Crippen molar-refractivity contribution in [1.29, 1.82) is 0 Å². The molecule has 338 valence electrons.